The number of nitro benzene ring substituents is 1. The van der Waals surface area contributed by atoms with E-state index < -0.39 is 20.6 Å². The van der Waals surface area contributed by atoms with Gasteiger partial charge >= 0.3 is 0 Å². The zero-order valence-corrected chi connectivity index (χ0v) is 14.7. The Morgan fingerprint density at radius 1 is 1.15 bits per heavy atom. The lowest BCUT2D eigenvalue weighted by molar-refractivity contribution is -0.384. The van der Waals surface area contributed by atoms with Crippen LogP contribution >= 0.6 is 0 Å². The van der Waals surface area contributed by atoms with Crippen molar-refractivity contribution in [3.63, 3.8) is 0 Å². The Morgan fingerprint density at radius 2 is 1.85 bits per heavy atom. The van der Waals surface area contributed by atoms with Crippen molar-refractivity contribution in [1.29, 1.82) is 0 Å². The molecule has 26 heavy (non-hydrogen) atoms. The fraction of sp³-hybridized carbons (Fsp3) is 0.133. The highest BCUT2D eigenvalue weighted by Gasteiger charge is 2.18. The molecular formula is C15H16N4O6S. The monoisotopic (exact) mass is 380 g/mol. The highest BCUT2D eigenvalue weighted by molar-refractivity contribution is 7.89. The summed E-state index contributed by atoms with van der Waals surface area (Å²) in [6.45, 7) is 0. The van der Waals surface area contributed by atoms with Crippen molar-refractivity contribution in [1.82, 2.24) is 0 Å². The van der Waals surface area contributed by atoms with Crippen LogP contribution in [-0.2, 0) is 10.0 Å². The number of anilines is 1. The lowest BCUT2D eigenvalue weighted by atomic mass is 10.2. The van der Waals surface area contributed by atoms with Crippen molar-refractivity contribution in [3.8, 4) is 11.5 Å². The Morgan fingerprint density at radius 3 is 2.42 bits per heavy atom. The molecule has 138 valence electrons. The third-order valence-electron chi connectivity index (χ3n) is 3.30. The summed E-state index contributed by atoms with van der Waals surface area (Å²) in [5, 5.41) is 20.0. The van der Waals surface area contributed by atoms with Gasteiger partial charge in [0.15, 0.2) is 11.5 Å². The summed E-state index contributed by atoms with van der Waals surface area (Å²) in [5.74, 6) is 1.05. The van der Waals surface area contributed by atoms with Crippen molar-refractivity contribution in [2.24, 2.45) is 10.2 Å². The zero-order valence-electron chi connectivity index (χ0n) is 13.9. The Kier molecular flexibility index (Phi) is 5.75. The molecule has 0 saturated carbocycles. The van der Waals surface area contributed by atoms with Gasteiger partial charge in [0, 0.05) is 6.07 Å². The molecule has 0 amide bonds. The molecule has 0 aromatic heterocycles. The lowest BCUT2D eigenvalue weighted by Gasteiger charge is -2.07. The lowest BCUT2D eigenvalue weighted by Crippen LogP contribution is -2.12. The van der Waals surface area contributed by atoms with Gasteiger partial charge in [-0.05, 0) is 35.9 Å². The number of rotatable bonds is 7. The number of hydrogen-bond acceptors (Lipinski definition) is 8. The molecule has 2 rings (SSSR count). The van der Waals surface area contributed by atoms with E-state index in [0.717, 1.165) is 12.1 Å². The second-order valence-electron chi connectivity index (χ2n) is 4.97. The largest absolute Gasteiger partial charge is 0.493 e. The van der Waals surface area contributed by atoms with Crippen LogP contribution in [0.25, 0.3) is 0 Å². The van der Waals surface area contributed by atoms with Gasteiger partial charge in [-0.2, -0.15) is 5.10 Å². The van der Waals surface area contributed by atoms with Crippen LogP contribution in [0.15, 0.2) is 46.4 Å². The topological polar surface area (TPSA) is 146 Å². The third-order valence-corrected chi connectivity index (χ3v) is 4.21. The first-order valence-electron chi connectivity index (χ1n) is 7.08. The van der Waals surface area contributed by atoms with E-state index in [1.807, 2.05) is 0 Å². The molecule has 10 nitrogen and oxygen atoms in total. The molecule has 0 bridgehead atoms. The van der Waals surface area contributed by atoms with Crippen LogP contribution in [0.3, 0.4) is 0 Å². The second kappa shape index (κ2) is 7.80. The van der Waals surface area contributed by atoms with E-state index in [1.54, 1.807) is 18.2 Å². The van der Waals surface area contributed by atoms with E-state index in [2.05, 4.69) is 10.5 Å². The molecule has 3 N–H and O–H groups in total. The number of methoxy groups -OCH3 is 2. The average molecular weight is 380 g/mol. The molecule has 0 unspecified atom stereocenters. The van der Waals surface area contributed by atoms with Gasteiger partial charge in [0.2, 0.25) is 10.0 Å². The summed E-state index contributed by atoms with van der Waals surface area (Å²) in [5.41, 5.74) is 2.70. The number of nitrogens with two attached hydrogens (primary N) is 1. The third kappa shape index (κ3) is 4.46. The normalized spacial score (nSPS) is 11.3. The van der Waals surface area contributed by atoms with Crippen LogP contribution in [0, 0.1) is 10.1 Å². The number of hydrogen-bond donors (Lipinski definition) is 2. The molecule has 0 heterocycles. The van der Waals surface area contributed by atoms with E-state index in [0.29, 0.717) is 17.1 Å². The minimum Gasteiger partial charge on any atom is -0.493 e. The number of sulfonamides is 1. The van der Waals surface area contributed by atoms with Gasteiger partial charge in [-0.3, -0.25) is 15.5 Å². The van der Waals surface area contributed by atoms with E-state index in [4.69, 9.17) is 14.6 Å². The number of nitrogens with one attached hydrogen (secondary N) is 1. The van der Waals surface area contributed by atoms with Crippen LogP contribution in [0.2, 0.25) is 0 Å². The first kappa shape index (κ1) is 19.1. The highest BCUT2D eigenvalue weighted by atomic mass is 32.2. The average Bonchev–Trinajstić information content (AvgIpc) is 2.60. The number of nitro groups is 1. The zero-order chi connectivity index (χ0) is 19.3. The Labute approximate surface area is 149 Å². The second-order valence-corrected chi connectivity index (χ2v) is 6.53. The molecule has 0 aliphatic heterocycles. The maximum absolute atomic E-state index is 11.3. The highest BCUT2D eigenvalue weighted by Crippen LogP contribution is 2.28. The van der Waals surface area contributed by atoms with Gasteiger partial charge in [-0.15, -0.1) is 0 Å². The van der Waals surface area contributed by atoms with Crippen LogP contribution in [-0.4, -0.2) is 33.8 Å². The van der Waals surface area contributed by atoms with Crippen LogP contribution in [0.5, 0.6) is 11.5 Å². The summed E-state index contributed by atoms with van der Waals surface area (Å²) >= 11 is 0. The number of nitrogens with zero attached hydrogens (tertiary/aromatic N) is 2. The van der Waals surface area contributed by atoms with Gasteiger partial charge in [-0.25, -0.2) is 13.6 Å². The van der Waals surface area contributed by atoms with E-state index in [9.17, 15) is 18.5 Å². The van der Waals surface area contributed by atoms with Gasteiger partial charge in [0.25, 0.3) is 5.69 Å². The van der Waals surface area contributed by atoms with E-state index in [-0.39, 0.29) is 10.6 Å². The summed E-state index contributed by atoms with van der Waals surface area (Å²) in [6.07, 6.45) is 1.42. The maximum atomic E-state index is 11.3. The fourth-order valence-electron chi connectivity index (χ4n) is 2.04. The number of primary sulfonamides is 1. The Bertz CT molecular complexity index is 959. The van der Waals surface area contributed by atoms with Gasteiger partial charge in [-0.1, -0.05) is 0 Å². The molecule has 2 aromatic carbocycles. The molecule has 2 aromatic rings. The van der Waals surface area contributed by atoms with Crippen LogP contribution < -0.4 is 20.0 Å². The molecule has 0 radical (unpaired) electrons. The van der Waals surface area contributed by atoms with Crippen LogP contribution in [0.1, 0.15) is 5.56 Å². The molecular weight excluding hydrogens is 364 g/mol. The molecule has 0 saturated heterocycles. The van der Waals surface area contributed by atoms with Gasteiger partial charge in [0.05, 0.1) is 30.3 Å². The molecule has 0 spiro atoms. The molecule has 11 heteroatoms. The molecule has 0 aliphatic rings. The summed E-state index contributed by atoms with van der Waals surface area (Å²) in [6, 6.07) is 8.29. The van der Waals surface area contributed by atoms with Crippen LogP contribution in [0.4, 0.5) is 11.4 Å². The summed E-state index contributed by atoms with van der Waals surface area (Å²) in [4.78, 5) is 10.0. The minimum atomic E-state index is -4.05. The van der Waals surface area contributed by atoms with Crippen molar-refractivity contribution < 1.29 is 22.8 Å². The van der Waals surface area contributed by atoms with Gasteiger partial charge in [0.1, 0.15) is 5.69 Å². The van der Waals surface area contributed by atoms with E-state index >= 15 is 0 Å². The summed E-state index contributed by atoms with van der Waals surface area (Å²) < 4.78 is 32.9. The summed E-state index contributed by atoms with van der Waals surface area (Å²) in [7, 11) is -1.04. The smallest absolute Gasteiger partial charge is 0.295 e. The predicted octanol–water partition coefficient (Wildman–Crippen LogP) is 1.71. The SMILES string of the molecule is COc1ccc(C=NNc2ccc(S(N)(=O)=O)cc2[N+](=O)[O-])cc1OC. The van der Waals surface area contributed by atoms with Crippen molar-refractivity contribution in [3.05, 3.63) is 52.1 Å². The molecule has 0 aliphatic carbocycles. The first-order chi connectivity index (χ1) is 12.3. The Balaban J connectivity index is 2.26. The minimum absolute atomic E-state index is 0.0131. The van der Waals surface area contributed by atoms with Crippen molar-refractivity contribution in [2.75, 3.05) is 19.6 Å². The van der Waals surface area contributed by atoms with E-state index in [1.165, 1.54) is 26.5 Å². The van der Waals surface area contributed by atoms with Crippen molar-refractivity contribution >= 4 is 27.6 Å². The fourth-order valence-corrected chi connectivity index (χ4v) is 2.58. The van der Waals surface area contributed by atoms with Gasteiger partial charge < -0.3 is 9.47 Å². The quantitative estimate of drug-likeness (QED) is 0.422. The predicted molar refractivity (Wildman–Crippen MR) is 95.2 cm³/mol. The molecule has 0 atom stereocenters. The maximum Gasteiger partial charge on any atom is 0.295 e. The molecule has 0 fully saturated rings. The standard InChI is InChI=1S/C15H16N4O6S/c1-24-14-6-3-10(7-15(14)25-2)9-17-18-12-5-4-11(26(16,22)23)8-13(12)19(20)21/h3-9,18H,1-2H3,(H2,16,22,23). The first-order valence-corrected chi connectivity index (χ1v) is 8.63. The number of hydrazone groups is 1. The van der Waals surface area contributed by atoms with Crippen molar-refractivity contribution in [2.45, 2.75) is 4.90 Å². The Hall–Kier alpha value is -3.18. The number of ether oxygens (including phenoxy) is 2. The number of benzene rings is 2.